The molecule has 2 aromatic heterocycles. The van der Waals surface area contributed by atoms with Gasteiger partial charge < -0.3 is 10.1 Å². The lowest BCUT2D eigenvalue weighted by molar-refractivity contribution is -0.385. The maximum atomic E-state index is 11.8. The van der Waals surface area contributed by atoms with Crippen molar-refractivity contribution in [2.75, 3.05) is 17.3 Å². The molecule has 0 unspecified atom stereocenters. The van der Waals surface area contributed by atoms with Gasteiger partial charge in [0.05, 0.1) is 28.9 Å². The first-order valence-corrected chi connectivity index (χ1v) is 9.62. The molecule has 0 bridgehead atoms. The Morgan fingerprint density at radius 1 is 1.12 bits per heavy atom. The number of benzene rings is 2. The summed E-state index contributed by atoms with van der Waals surface area (Å²) in [6.07, 6.45) is 1.29. The number of nitro groups is 1. The largest absolute Gasteiger partial charge is 0.462 e. The predicted octanol–water partition coefficient (Wildman–Crippen LogP) is 3.29. The summed E-state index contributed by atoms with van der Waals surface area (Å²) >= 11 is 0. The molecule has 0 amide bonds. The Morgan fingerprint density at radius 3 is 2.52 bits per heavy atom. The molecular weight excluding hydrogens is 432 g/mol. The molecule has 166 valence electrons. The lowest BCUT2D eigenvalue weighted by atomic mass is 10.2. The Labute approximate surface area is 185 Å². The Balaban J connectivity index is 1.59. The molecule has 13 nitrogen and oxygen atoms in total. The first-order chi connectivity index (χ1) is 16.0. The van der Waals surface area contributed by atoms with Crippen LogP contribution in [-0.4, -0.2) is 44.0 Å². The highest BCUT2D eigenvalue weighted by Crippen LogP contribution is 2.24. The fourth-order valence-electron chi connectivity index (χ4n) is 2.77. The Kier molecular flexibility index (Phi) is 6.11. The highest BCUT2D eigenvalue weighted by atomic mass is 16.6. The number of esters is 1. The first kappa shape index (κ1) is 21.3. The molecule has 0 aliphatic carbocycles. The first-order valence-electron chi connectivity index (χ1n) is 9.62. The van der Waals surface area contributed by atoms with Crippen molar-refractivity contribution in [2.45, 2.75) is 6.92 Å². The molecule has 2 aromatic carbocycles. The predicted molar refractivity (Wildman–Crippen MR) is 117 cm³/mol. The summed E-state index contributed by atoms with van der Waals surface area (Å²) in [7, 11) is 0. The number of nitrogens with zero attached hydrogens (tertiary/aromatic N) is 6. The summed E-state index contributed by atoms with van der Waals surface area (Å²) in [6.45, 7) is 2.01. The zero-order chi connectivity index (χ0) is 23.2. The fourth-order valence-corrected chi connectivity index (χ4v) is 2.77. The summed E-state index contributed by atoms with van der Waals surface area (Å²) in [6, 6.07) is 12.7. The van der Waals surface area contributed by atoms with E-state index in [-0.39, 0.29) is 35.2 Å². The van der Waals surface area contributed by atoms with Crippen LogP contribution in [0.5, 0.6) is 0 Å². The molecule has 2 heterocycles. The van der Waals surface area contributed by atoms with Crippen LogP contribution < -0.4 is 10.7 Å². The summed E-state index contributed by atoms with van der Waals surface area (Å²) in [5, 5.41) is 25.6. The van der Waals surface area contributed by atoms with Gasteiger partial charge in [-0.1, -0.05) is 12.1 Å². The summed E-state index contributed by atoms with van der Waals surface area (Å²) in [5.41, 5.74) is 4.21. The number of anilines is 3. The van der Waals surface area contributed by atoms with E-state index in [0.29, 0.717) is 16.8 Å². The second-order valence-electron chi connectivity index (χ2n) is 6.44. The maximum absolute atomic E-state index is 11.8. The molecule has 0 aliphatic heterocycles. The van der Waals surface area contributed by atoms with E-state index < -0.39 is 10.9 Å². The number of fused-ring (bicyclic) bond motifs is 1. The fraction of sp³-hybridized carbons (Fsp3) is 0.100. The molecule has 0 atom stereocenters. The van der Waals surface area contributed by atoms with Gasteiger partial charge in [0, 0.05) is 11.8 Å². The Bertz CT molecular complexity index is 1340. The van der Waals surface area contributed by atoms with E-state index in [4.69, 9.17) is 4.74 Å². The molecule has 0 saturated carbocycles. The molecule has 0 saturated heterocycles. The molecule has 0 fully saturated rings. The van der Waals surface area contributed by atoms with Gasteiger partial charge in [0.15, 0.2) is 11.6 Å². The highest BCUT2D eigenvalue weighted by molar-refractivity contribution is 5.90. The number of nitro benzene ring substituents is 1. The third kappa shape index (κ3) is 4.87. The Morgan fingerprint density at radius 2 is 1.82 bits per heavy atom. The molecule has 33 heavy (non-hydrogen) atoms. The van der Waals surface area contributed by atoms with Crippen LogP contribution in [0.15, 0.2) is 58.3 Å². The van der Waals surface area contributed by atoms with Gasteiger partial charge in [-0.2, -0.15) is 10.1 Å². The van der Waals surface area contributed by atoms with Gasteiger partial charge in [-0.3, -0.25) is 15.5 Å². The molecule has 0 aliphatic rings. The van der Waals surface area contributed by atoms with E-state index in [1.54, 1.807) is 49.4 Å². The van der Waals surface area contributed by atoms with Gasteiger partial charge >= 0.3 is 5.97 Å². The monoisotopic (exact) mass is 448 g/mol. The van der Waals surface area contributed by atoms with Crippen LogP contribution in [0.3, 0.4) is 0 Å². The van der Waals surface area contributed by atoms with E-state index in [2.05, 4.69) is 40.8 Å². The van der Waals surface area contributed by atoms with Crippen LogP contribution in [0.25, 0.3) is 11.3 Å². The number of aromatic nitrogens is 4. The van der Waals surface area contributed by atoms with Crippen LogP contribution in [-0.2, 0) is 4.74 Å². The highest BCUT2D eigenvalue weighted by Gasteiger charge is 2.14. The molecule has 0 spiro atoms. The second kappa shape index (κ2) is 9.47. The van der Waals surface area contributed by atoms with Crippen LogP contribution in [0, 0.1) is 10.1 Å². The van der Waals surface area contributed by atoms with E-state index in [0.717, 1.165) is 0 Å². The van der Waals surface area contributed by atoms with Crippen molar-refractivity contribution < 1.29 is 19.1 Å². The molecule has 2 N–H and O–H groups in total. The SMILES string of the molecule is CCOC(=O)c1ccc(Nc2nc3nonc3nc2NN=Cc2ccccc2[N+](=O)[O-])cc1. The lowest BCUT2D eigenvalue weighted by Crippen LogP contribution is -2.05. The molecule has 4 aromatic rings. The lowest BCUT2D eigenvalue weighted by Gasteiger charge is -2.10. The quantitative estimate of drug-likeness (QED) is 0.175. The number of hydrogen-bond acceptors (Lipinski definition) is 12. The van der Waals surface area contributed by atoms with Crippen LogP contribution >= 0.6 is 0 Å². The zero-order valence-corrected chi connectivity index (χ0v) is 17.1. The molecular formula is C20H16N8O5. The van der Waals surface area contributed by atoms with E-state index >= 15 is 0 Å². The number of nitrogens with one attached hydrogen (secondary N) is 2. The Hall–Kier alpha value is -4.94. The third-order valence-corrected chi connectivity index (χ3v) is 4.28. The van der Waals surface area contributed by atoms with Gasteiger partial charge in [0.25, 0.3) is 5.69 Å². The van der Waals surface area contributed by atoms with Gasteiger partial charge in [0.2, 0.25) is 11.3 Å². The zero-order valence-electron chi connectivity index (χ0n) is 17.1. The van der Waals surface area contributed by atoms with Crippen LogP contribution in [0.4, 0.5) is 23.0 Å². The number of hydrogen-bond donors (Lipinski definition) is 2. The number of para-hydroxylation sites is 1. The van der Waals surface area contributed by atoms with Crippen molar-refractivity contribution in [3.63, 3.8) is 0 Å². The second-order valence-corrected chi connectivity index (χ2v) is 6.44. The number of ether oxygens (including phenoxy) is 1. The topological polar surface area (TPSA) is 171 Å². The average molecular weight is 448 g/mol. The third-order valence-electron chi connectivity index (χ3n) is 4.28. The van der Waals surface area contributed by atoms with Crippen molar-refractivity contribution in [2.24, 2.45) is 5.10 Å². The van der Waals surface area contributed by atoms with E-state index in [1.807, 2.05) is 0 Å². The van der Waals surface area contributed by atoms with E-state index in [9.17, 15) is 14.9 Å². The van der Waals surface area contributed by atoms with Gasteiger partial charge in [0.1, 0.15) is 0 Å². The van der Waals surface area contributed by atoms with Gasteiger partial charge in [-0.25, -0.2) is 14.4 Å². The summed E-state index contributed by atoms with van der Waals surface area (Å²) in [5.74, 6) is -0.0186. The maximum Gasteiger partial charge on any atom is 0.338 e. The van der Waals surface area contributed by atoms with Crippen molar-refractivity contribution in [1.29, 1.82) is 0 Å². The number of carbonyl (C=O) groups is 1. The van der Waals surface area contributed by atoms with Gasteiger partial charge in [-0.15, -0.1) is 0 Å². The minimum absolute atomic E-state index is 0.0923. The van der Waals surface area contributed by atoms with Gasteiger partial charge in [-0.05, 0) is 47.6 Å². The number of rotatable bonds is 8. The molecule has 4 rings (SSSR count). The number of carbonyl (C=O) groups excluding carboxylic acids is 1. The smallest absolute Gasteiger partial charge is 0.338 e. The molecule has 0 radical (unpaired) electrons. The number of hydrazone groups is 1. The van der Waals surface area contributed by atoms with E-state index in [1.165, 1.54) is 12.3 Å². The minimum atomic E-state index is -0.499. The van der Waals surface area contributed by atoms with Crippen molar-refractivity contribution in [3.05, 3.63) is 69.8 Å². The normalized spacial score (nSPS) is 10.9. The van der Waals surface area contributed by atoms with Crippen molar-refractivity contribution >= 4 is 46.5 Å². The standard InChI is InChI=1S/C20H16N8O5/c1-2-32-20(29)12-7-9-14(10-8-12)22-16-17(24-19-18(23-16)26-33-27-19)25-21-11-13-5-3-4-6-15(13)28(30)31/h3-11H,2H2,1H3,(H,22,23,26)(H,24,25,27). The molecule has 13 heteroatoms. The summed E-state index contributed by atoms with van der Waals surface area (Å²) in [4.78, 5) is 31.1. The average Bonchev–Trinajstić information content (AvgIpc) is 3.27. The summed E-state index contributed by atoms with van der Waals surface area (Å²) < 4.78 is 9.63. The van der Waals surface area contributed by atoms with Crippen molar-refractivity contribution in [1.82, 2.24) is 20.3 Å². The van der Waals surface area contributed by atoms with Crippen LogP contribution in [0.1, 0.15) is 22.8 Å². The minimum Gasteiger partial charge on any atom is -0.462 e. The van der Waals surface area contributed by atoms with Crippen molar-refractivity contribution in [3.8, 4) is 0 Å². The van der Waals surface area contributed by atoms with Crippen LogP contribution in [0.2, 0.25) is 0 Å².